The van der Waals surface area contributed by atoms with Crippen LogP contribution >= 0.6 is 0 Å². The van der Waals surface area contributed by atoms with Crippen LogP contribution in [0.15, 0.2) is 24.5 Å². The summed E-state index contributed by atoms with van der Waals surface area (Å²) in [6.07, 6.45) is 1.88. The van der Waals surface area contributed by atoms with Crippen LogP contribution in [-0.2, 0) is 11.2 Å². The van der Waals surface area contributed by atoms with Crippen LogP contribution in [0.4, 0.5) is 4.79 Å². The molecule has 0 bridgehead atoms. The number of ether oxygens (including phenoxy) is 1. The van der Waals surface area contributed by atoms with Crippen molar-refractivity contribution in [1.82, 2.24) is 14.3 Å². The number of imidazole rings is 1. The molecule has 2 aromatic heterocycles. The van der Waals surface area contributed by atoms with Gasteiger partial charge in [-0.2, -0.15) is 0 Å². The van der Waals surface area contributed by atoms with E-state index in [1.54, 1.807) is 27.0 Å². The van der Waals surface area contributed by atoms with E-state index in [4.69, 9.17) is 8.85 Å². The number of pyridine rings is 1. The third-order valence-corrected chi connectivity index (χ3v) is 3.90. The van der Waals surface area contributed by atoms with E-state index in [0.29, 0.717) is 18.7 Å². The molecule has 0 spiro atoms. The van der Waals surface area contributed by atoms with E-state index >= 15 is 0 Å². The van der Waals surface area contributed by atoms with Gasteiger partial charge >= 0.3 is 6.09 Å². The maximum Gasteiger partial charge on any atom is 0.410 e. The van der Waals surface area contributed by atoms with Gasteiger partial charge in [-0.05, 0) is 58.5 Å². The second-order valence-corrected chi connectivity index (χ2v) is 7.19. The third-order valence-electron chi connectivity index (χ3n) is 3.90. The van der Waals surface area contributed by atoms with Crippen molar-refractivity contribution in [3.05, 3.63) is 35.8 Å². The normalized spacial score (nSPS) is 25.8. The van der Waals surface area contributed by atoms with Crippen LogP contribution in [0, 0.1) is 6.92 Å². The summed E-state index contributed by atoms with van der Waals surface area (Å²) in [5.41, 5.74) is 1.65. The molecule has 1 saturated heterocycles. The second-order valence-electron chi connectivity index (χ2n) is 7.19. The molecular weight excluding hydrogens is 302 g/mol. The van der Waals surface area contributed by atoms with Gasteiger partial charge in [0, 0.05) is 34.1 Å². The number of carbonyl (C=O) groups is 1. The highest BCUT2D eigenvalue weighted by atomic mass is 16.6. The van der Waals surface area contributed by atoms with Crippen LogP contribution in [-0.4, -0.2) is 38.5 Å². The molecule has 1 atom stereocenters. The number of amides is 1. The fraction of sp³-hybridized carbons (Fsp3) is 0.579. The van der Waals surface area contributed by atoms with Crippen molar-refractivity contribution in [3.8, 4) is 0 Å². The van der Waals surface area contributed by atoms with E-state index in [-0.39, 0.29) is 12.8 Å². The number of fused-ring (bicyclic) bond motifs is 1. The number of aromatic nitrogens is 2. The summed E-state index contributed by atoms with van der Waals surface area (Å²) in [4.78, 5) is 18.5. The van der Waals surface area contributed by atoms with Crippen molar-refractivity contribution in [3.63, 3.8) is 0 Å². The Balaban J connectivity index is 1.97. The molecule has 1 aliphatic heterocycles. The van der Waals surface area contributed by atoms with Gasteiger partial charge in [-0.1, -0.05) is 6.07 Å². The molecule has 0 radical (unpaired) electrons. The first-order chi connectivity index (χ1) is 12.4. The first-order valence-electron chi connectivity index (χ1n) is 9.87. The van der Waals surface area contributed by atoms with Gasteiger partial charge in [0.2, 0.25) is 0 Å². The molecule has 130 valence electrons. The minimum absolute atomic E-state index is 0.000360. The molecule has 1 aliphatic rings. The molecule has 24 heavy (non-hydrogen) atoms. The second kappa shape index (κ2) is 6.46. The lowest BCUT2D eigenvalue weighted by atomic mass is 9.98. The smallest absolute Gasteiger partial charge is 0.410 e. The third kappa shape index (κ3) is 3.71. The van der Waals surface area contributed by atoms with Gasteiger partial charge in [-0.25, -0.2) is 9.78 Å². The van der Waals surface area contributed by atoms with Crippen LogP contribution < -0.4 is 0 Å². The van der Waals surface area contributed by atoms with Crippen molar-refractivity contribution in [2.24, 2.45) is 0 Å². The number of carbonyl (C=O) groups excluding carboxylic acids is 1. The number of likely N-dealkylation sites (tertiary alicyclic amines) is 1. The molecule has 1 fully saturated rings. The Morgan fingerprint density at radius 2 is 2.29 bits per heavy atom. The van der Waals surface area contributed by atoms with Crippen LogP contribution in [0.3, 0.4) is 0 Å². The Labute approximate surface area is 147 Å². The first-order valence-corrected chi connectivity index (χ1v) is 8.37. The van der Waals surface area contributed by atoms with Gasteiger partial charge in [0.1, 0.15) is 11.2 Å². The van der Waals surface area contributed by atoms with Crippen molar-refractivity contribution >= 4 is 11.7 Å². The molecule has 0 unspecified atom stereocenters. The fourth-order valence-electron chi connectivity index (χ4n) is 2.84. The Kier molecular flexibility index (Phi) is 3.57. The molecule has 0 N–H and O–H groups in total. The highest BCUT2D eigenvalue weighted by Gasteiger charge is 2.31. The van der Waals surface area contributed by atoms with Crippen molar-refractivity contribution in [1.29, 1.82) is 0 Å². The molecule has 3 rings (SSSR count). The van der Waals surface area contributed by atoms with Crippen molar-refractivity contribution < 1.29 is 13.6 Å². The predicted molar refractivity (Wildman–Crippen MR) is 94.2 cm³/mol. The number of piperidine rings is 1. The molecule has 3 heterocycles. The number of hydrogen-bond acceptors (Lipinski definition) is 3. The molecule has 0 aliphatic carbocycles. The van der Waals surface area contributed by atoms with Gasteiger partial charge in [0.05, 0.1) is 7.06 Å². The lowest BCUT2D eigenvalue weighted by Gasteiger charge is -2.36. The van der Waals surface area contributed by atoms with E-state index in [2.05, 4.69) is 4.98 Å². The lowest BCUT2D eigenvalue weighted by molar-refractivity contribution is 0.00986. The van der Waals surface area contributed by atoms with Gasteiger partial charge in [-0.3, -0.25) is 0 Å². The Morgan fingerprint density at radius 3 is 3.00 bits per heavy atom. The molecule has 1 amide bonds. The van der Waals surface area contributed by atoms with Crippen LogP contribution in [0.5, 0.6) is 0 Å². The SMILES string of the molecule is [2H]C1([2H])CCCN(C(=O)OC(C)(C)C)[C@]1([2H])Cc1cn2cccc(C)c2n1. The predicted octanol–water partition coefficient (Wildman–Crippen LogP) is 3.97. The van der Waals surface area contributed by atoms with E-state index in [1.165, 1.54) is 4.90 Å². The van der Waals surface area contributed by atoms with Gasteiger partial charge in [0.15, 0.2) is 0 Å². The lowest BCUT2D eigenvalue weighted by Crippen LogP contribution is -2.47. The molecule has 0 saturated carbocycles. The zero-order valence-electron chi connectivity index (χ0n) is 17.8. The van der Waals surface area contributed by atoms with Crippen molar-refractivity contribution in [2.75, 3.05) is 6.54 Å². The van der Waals surface area contributed by atoms with Crippen LogP contribution in [0.25, 0.3) is 5.65 Å². The highest BCUT2D eigenvalue weighted by molar-refractivity contribution is 5.68. The standard InChI is InChI=1S/C19H27N3O2/c1-14-8-7-10-21-13-15(20-17(14)21)12-16-9-5-6-11-22(16)18(23)24-19(2,3)4/h7-8,10,13,16H,5-6,9,11-12H2,1-4H3/t16-/m0/s1/i9D2,16D. The zero-order chi connectivity index (χ0) is 20.0. The molecular formula is C19H27N3O2. The maximum absolute atomic E-state index is 12.7. The van der Waals surface area contributed by atoms with Crippen molar-refractivity contribution in [2.45, 2.75) is 64.9 Å². The Bertz CT molecular complexity index is 859. The quantitative estimate of drug-likeness (QED) is 0.836. The van der Waals surface area contributed by atoms with Gasteiger partial charge in [0.25, 0.3) is 0 Å². The summed E-state index contributed by atoms with van der Waals surface area (Å²) in [5.74, 6) is 0. The number of rotatable bonds is 2. The maximum atomic E-state index is 12.7. The minimum atomic E-state index is -1.87. The highest BCUT2D eigenvalue weighted by Crippen LogP contribution is 2.23. The summed E-state index contributed by atoms with van der Waals surface area (Å²) < 4.78 is 33.2. The number of aryl methyl sites for hydroxylation is 1. The summed E-state index contributed by atoms with van der Waals surface area (Å²) in [6.45, 7) is 7.54. The Morgan fingerprint density at radius 1 is 1.50 bits per heavy atom. The largest absolute Gasteiger partial charge is 0.444 e. The summed E-state index contributed by atoms with van der Waals surface area (Å²) in [5, 5.41) is 0. The fourth-order valence-corrected chi connectivity index (χ4v) is 2.84. The molecule has 5 heteroatoms. The number of hydrogen-bond donors (Lipinski definition) is 0. The minimum Gasteiger partial charge on any atom is -0.444 e. The monoisotopic (exact) mass is 332 g/mol. The van der Waals surface area contributed by atoms with Crippen LogP contribution in [0.1, 0.15) is 55.4 Å². The number of nitrogens with zero attached hydrogens (tertiary/aromatic N) is 3. The van der Waals surface area contributed by atoms with Crippen LogP contribution in [0.2, 0.25) is 0 Å². The van der Waals surface area contributed by atoms with E-state index < -0.39 is 24.1 Å². The van der Waals surface area contributed by atoms with E-state index in [1.807, 2.05) is 29.7 Å². The molecule has 0 aromatic carbocycles. The average Bonchev–Trinajstić information content (AvgIpc) is 2.92. The molecule has 5 nitrogen and oxygen atoms in total. The zero-order valence-corrected chi connectivity index (χ0v) is 14.8. The van der Waals surface area contributed by atoms with Gasteiger partial charge < -0.3 is 14.0 Å². The van der Waals surface area contributed by atoms with Gasteiger partial charge in [-0.15, -0.1) is 0 Å². The summed E-state index contributed by atoms with van der Waals surface area (Å²) in [6, 6.07) is 2.09. The topological polar surface area (TPSA) is 46.8 Å². The Hall–Kier alpha value is -2.04. The molecule has 2 aromatic rings. The average molecular weight is 332 g/mol. The summed E-state index contributed by atoms with van der Waals surface area (Å²) >= 11 is 0. The van der Waals surface area contributed by atoms with E-state index in [9.17, 15) is 4.79 Å². The summed E-state index contributed by atoms with van der Waals surface area (Å²) in [7, 11) is 0. The first kappa shape index (κ1) is 13.3. The van der Waals surface area contributed by atoms with E-state index in [0.717, 1.165) is 11.2 Å².